The highest BCUT2D eigenvalue weighted by molar-refractivity contribution is 5.87. The van der Waals surface area contributed by atoms with Crippen molar-refractivity contribution in [3.63, 3.8) is 0 Å². The number of halogens is 1. The van der Waals surface area contributed by atoms with Crippen LogP contribution in [0.5, 0.6) is 5.75 Å². The van der Waals surface area contributed by atoms with Gasteiger partial charge in [-0.2, -0.15) is 0 Å². The molecular formula is C31H34ClN3O4. The molecule has 1 aliphatic heterocycles. The van der Waals surface area contributed by atoms with Gasteiger partial charge < -0.3 is 23.6 Å². The number of rotatable bonds is 8. The molecule has 39 heavy (non-hydrogen) atoms. The van der Waals surface area contributed by atoms with Crippen LogP contribution in [0.3, 0.4) is 0 Å². The lowest BCUT2D eigenvalue weighted by Crippen LogP contribution is -2.40. The van der Waals surface area contributed by atoms with Crippen LogP contribution in [0.4, 0.5) is 0 Å². The summed E-state index contributed by atoms with van der Waals surface area (Å²) in [5.41, 5.74) is 2.09. The van der Waals surface area contributed by atoms with Crippen molar-refractivity contribution in [2.24, 2.45) is 0 Å². The molecular weight excluding hydrogens is 514 g/mol. The molecule has 6 rings (SSSR count). The normalized spacial score (nSPS) is 15.6. The fourth-order valence-corrected chi connectivity index (χ4v) is 5.28. The molecule has 0 spiro atoms. The quantitative estimate of drug-likeness (QED) is 0.228. The molecule has 2 aromatic heterocycles. The third-order valence-corrected chi connectivity index (χ3v) is 7.40. The fourth-order valence-electron chi connectivity index (χ4n) is 5.28. The standard InChI is InChI=1S/C31H33N3O4.ClH/c1-20(2)30-32-33-31(38-30)29-17-26-27(8-5-9-28(26)37-29)36-19-25(35)18-34-14-12-22(13-15-34)24-11-10-21-6-3-4-7-23(21)16-24;/h3-11,16-17,20,22,25,35H,12-15,18-19H2,1-2H3;1H/t25-;/m0./s1. The first-order chi connectivity index (χ1) is 18.5. The van der Waals surface area contributed by atoms with Gasteiger partial charge in [0.2, 0.25) is 5.89 Å². The summed E-state index contributed by atoms with van der Waals surface area (Å²) in [5, 5.41) is 22.4. The molecule has 1 N–H and O–H groups in total. The molecule has 1 saturated heterocycles. The molecule has 0 saturated carbocycles. The first kappa shape index (κ1) is 27.2. The van der Waals surface area contributed by atoms with Gasteiger partial charge >= 0.3 is 0 Å². The number of likely N-dealkylation sites (tertiary alicyclic amines) is 1. The Bertz CT molecular complexity index is 1540. The van der Waals surface area contributed by atoms with Crippen molar-refractivity contribution in [3.8, 4) is 17.4 Å². The minimum atomic E-state index is -0.585. The topological polar surface area (TPSA) is 84.8 Å². The predicted octanol–water partition coefficient (Wildman–Crippen LogP) is 6.80. The number of aliphatic hydroxyl groups is 1. The number of piperidine rings is 1. The predicted molar refractivity (Wildman–Crippen MR) is 155 cm³/mol. The van der Waals surface area contributed by atoms with Gasteiger partial charge in [-0.25, -0.2) is 0 Å². The van der Waals surface area contributed by atoms with E-state index in [2.05, 4.69) is 57.6 Å². The second-order valence-electron chi connectivity index (χ2n) is 10.5. The van der Waals surface area contributed by atoms with Crippen molar-refractivity contribution in [2.45, 2.75) is 44.6 Å². The molecule has 0 radical (unpaired) electrons. The average Bonchev–Trinajstić information content (AvgIpc) is 3.60. The fraction of sp³-hybridized carbons (Fsp3) is 0.355. The number of fused-ring (bicyclic) bond motifs is 2. The van der Waals surface area contributed by atoms with E-state index in [-0.39, 0.29) is 24.9 Å². The van der Waals surface area contributed by atoms with E-state index < -0.39 is 6.10 Å². The highest BCUT2D eigenvalue weighted by Gasteiger charge is 2.23. The highest BCUT2D eigenvalue weighted by atomic mass is 35.5. The number of aliphatic hydroxyl groups excluding tert-OH is 1. The van der Waals surface area contributed by atoms with Gasteiger partial charge in [0.1, 0.15) is 24.0 Å². The van der Waals surface area contributed by atoms with Crippen molar-refractivity contribution >= 4 is 34.1 Å². The van der Waals surface area contributed by atoms with E-state index >= 15 is 0 Å². The number of β-amino-alcohol motifs (C(OH)–C–C–N with tert-alkyl or cyclic N) is 1. The van der Waals surface area contributed by atoms with Crippen LogP contribution in [0.2, 0.25) is 0 Å². The van der Waals surface area contributed by atoms with Crippen LogP contribution in [0, 0.1) is 0 Å². The van der Waals surface area contributed by atoms with Gasteiger partial charge in [0.25, 0.3) is 5.89 Å². The molecule has 0 amide bonds. The van der Waals surface area contributed by atoms with E-state index in [1.54, 1.807) is 0 Å². The summed E-state index contributed by atoms with van der Waals surface area (Å²) >= 11 is 0. The van der Waals surface area contributed by atoms with Gasteiger partial charge in [0.15, 0.2) is 5.76 Å². The van der Waals surface area contributed by atoms with Crippen LogP contribution >= 0.6 is 12.4 Å². The molecule has 7 nitrogen and oxygen atoms in total. The molecule has 204 valence electrons. The van der Waals surface area contributed by atoms with Gasteiger partial charge in [0, 0.05) is 18.5 Å². The van der Waals surface area contributed by atoms with Crippen molar-refractivity contribution in [1.82, 2.24) is 15.1 Å². The Labute approximate surface area is 234 Å². The number of aromatic nitrogens is 2. The van der Waals surface area contributed by atoms with Crippen LogP contribution < -0.4 is 4.74 Å². The third-order valence-electron chi connectivity index (χ3n) is 7.40. The Hall–Kier alpha value is -3.39. The van der Waals surface area contributed by atoms with Crippen molar-refractivity contribution in [1.29, 1.82) is 0 Å². The third kappa shape index (κ3) is 5.96. The molecule has 3 heterocycles. The van der Waals surface area contributed by atoms with Gasteiger partial charge in [0.05, 0.1) is 5.39 Å². The van der Waals surface area contributed by atoms with Crippen LogP contribution in [0.25, 0.3) is 33.4 Å². The lowest BCUT2D eigenvalue weighted by molar-refractivity contribution is 0.0599. The monoisotopic (exact) mass is 547 g/mol. The van der Waals surface area contributed by atoms with Crippen LogP contribution in [0.15, 0.2) is 75.6 Å². The van der Waals surface area contributed by atoms with Gasteiger partial charge in [-0.3, -0.25) is 0 Å². The summed E-state index contributed by atoms with van der Waals surface area (Å²) in [6.45, 7) is 6.75. The molecule has 1 aliphatic rings. The van der Waals surface area contributed by atoms with Crippen LogP contribution in [0.1, 0.15) is 50.0 Å². The molecule has 8 heteroatoms. The number of hydrogen-bond acceptors (Lipinski definition) is 7. The summed E-state index contributed by atoms with van der Waals surface area (Å²) in [6.07, 6.45) is 1.60. The maximum atomic E-state index is 10.8. The summed E-state index contributed by atoms with van der Waals surface area (Å²) in [6, 6.07) is 22.9. The van der Waals surface area contributed by atoms with E-state index in [1.165, 1.54) is 16.3 Å². The number of furan rings is 1. The maximum Gasteiger partial charge on any atom is 0.283 e. The summed E-state index contributed by atoms with van der Waals surface area (Å²) in [5.74, 6) is 2.79. The number of ether oxygens (including phenoxy) is 1. The van der Waals surface area contributed by atoms with E-state index in [0.29, 0.717) is 41.3 Å². The Morgan fingerprint density at radius 3 is 2.51 bits per heavy atom. The molecule has 3 aromatic carbocycles. The molecule has 1 fully saturated rings. The lowest BCUT2D eigenvalue weighted by atomic mass is 9.88. The van der Waals surface area contributed by atoms with Gasteiger partial charge in [-0.1, -0.05) is 62.4 Å². The minimum absolute atomic E-state index is 0. The smallest absolute Gasteiger partial charge is 0.283 e. The summed E-state index contributed by atoms with van der Waals surface area (Å²) in [7, 11) is 0. The van der Waals surface area contributed by atoms with E-state index in [9.17, 15) is 5.11 Å². The van der Waals surface area contributed by atoms with E-state index in [4.69, 9.17) is 13.6 Å². The second-order valence-corrected chi connectivity index (χ2v) is 10.5. The molecule has 0 unspecified atom stereocenters. The van der Waals surface area contributed by atoms with E-state index in [0.717, 1.165) is 31.3 Å². The highest BCUT2D eigenvalue weighted by Crippen LogP contribution is 2.34. The van der Waals surface area contributed by atoms with Crippen molar-refractivity contribution < 1.29 is 18.7 Å². The second kappa shape index (κ2) is 11.8. The van der Waals surface area contributed by atoms with Crippen molar-refractivity contribution in [2.75, 3.05) is 26.2 Å². The zero-order valence-corrected chi connectivity index (χ0v) is 23.1. The average molecular weight is 548 g/mol. The van der Waals surface area contributed by atoms with Gasteiger partial charge in [-0.05, 0) is 60.3 Å². The minimum Gasteiger partial charge on any atom is -0.490 e. The maximum absolute atomic E-state index is 10.8. The largest absolute Gasteiger partial charge is 0.490 e. The van der Waals surface area contributed by atoms with Crippen LogP contribution in [-0.2, 0) is 0 Å². The zero-order valence-electron chi connectivity index (χ0n) is 22.2. The van der Waals surface area contributed by atoms with Gasteiger partial charge in [-0.15, -0.1) is 22.6 Å². The summed E-state index contributed by atoms with van der Waals surface area (Å²) in [4.78, 5) is 2.34. The lowest BCUT2D eigenvalue weighted by Gasteiger charge is -2.33. The number of benzene rings is 3. The molecule has 0 bridgehead atoms. The Balaban J connectivity index is 0.00000308. The molecule has 0 aliphatic carbocycles. The Morgan fingerprint density at radius 2 is 1.74 bits per heavy atom. The molecule has 1 atom stereocenters. The first-order valence-electron chi connectivity index (χ1n) is 13.4. The van der Waals surface area contributed by atoms with Crippen molar-refractivity contribution in [3.05, 3.63) is 78.2 Å². The molecule has 5 aromatic rings. The summed E-state index contributed by atoms with van der Waals surface area (Å²) < 4.78 is 17.7. The number of nitrogens with zero attached hydrogens (tertiary/aromatic N) is 3. The van der Waals surface area contributed by atoms with E-state index in [1.807, 2.05) is 38.1 Å². The SMILES string of the molecule is CC(C)c1nnc(-c2cc3c(OC[C@@H](O)CN4CCC(c5ccc6ccccc6c5)CC4)cccc3o2)o1.Cl. The first-order valence-corrected chi connectivity index (χ1v) is 13.4. The number of hydrogen-bond donors (Lipinski definition) is 1. The Morgan fingerprint density at radius 1 is 0.949 bits per heavy atom. The Kier molecular flexibility index (Phi) is 8.21. The zero-order chi connectivity index (χ0) is 26.1. The van der Waals surface area contributed by atoms with Crippen LogP contribution in [-0.4, -0.2) is 52.5 Å².